The van der Waals surface area contributed by atoms with Crippen molar-refractivity contribution in [1.82, 2.24) is 20.2 Å². The Morgan fingerprint density at radius 2 is 1.77 bits per heavy atom. The monoisotopic (exact) mass is 293 g/mol. The van der Waals surface area contributed by atoms with Crippen molar-refractivity contribution in [2.45, 2.75) is 25.7 Å². The van der Waals surface area contributed by atoms with Crippen LogP contribution in [-0.2, 0) is 0 Å². The van der Waals surface area contributed by atoms with Crippen molar-refractivity contribution in [3.05, 3.63) is 36.7 Å². The average Bonchev–Trinajstić information content (AvgIpc) is 2.89. The Morgan fingerprint density at radius 3 is 2.55 bits per heavy atom. The van der Waals surface area contributed by atoms with E-state index in [0.717, 1.165) is 41.2 Å². The second-order valence-electron chi connectivity index (χ2n) is 5.78. The average molecular weight is 293 g/mol. The molecule has 1 saturated heterocycles. The Labute approximate surface area is 129 Å². The van der Waals surface area contributed by atoms with Crippen LogP contribution in [0.5, 0.6) is 0 Å². The van der Waals surface area contributed by atoms with Gasteiger partial charge >= 0.3 is 0 Å². The molecule has 5 nitrogen and oxygen atoms in total. The zero-order chi connectivity index (χ0) is 14.8. The molecule has 0 amide bonds. The number of hydrogen-bond donors (Lipinski definition) is 1. The lowest BCUT2D eigenvalue weighted by Crippen LogP contribution is -2.25. The molecule has 22 heavy (non-hydrogen) atoms. The first-order valence-corrected chi connectivity index (χ1v) is 7.93. The highest BCUT2D eigenvalue weighted by atomic mass is 15.3. The second kappa shape index (κ2) is 5.75. The maximum atomic E-state index is 4.46. The Bertz CT molecular complexity index is 754. The summed E-state index contributed by atoms with van der Waals surface area (Å²) in [5.41, 5.74) is 2.85. The van der Waals surface area contributed by atoms with Crippen LogP contribution in [0.1, 0.15) is 25.7 Å². The molecular formula is C17H19N5. The minimum Gasteiger partial charge on any atom is -0.355 e. The highest BCUT2D eigenvalue weighted by molar-refractivity contribution is 5.91. The van der Waals surface area contributed by atoms with E-state index in [9.17, 15) is 0 Å². The molecule has 4 rings (SSSR count). The number of hydrogen-bond acceptors (Lipinski definition) is 4. The van der Waals surface area contributed by atoms with Crippen molar-refractivity contribution in [2.75, 3.05) is 18.0 Å². The molecule has 0 radical (unpaired) electrons. The van der Waals surface area contributed by atoms with Crippen LogP contribution in [0.4, 0.5) is 5.82 Å². The lowest BCUT2D eigenvalue weighted by Gasteiger charge is -2.20. The number of nitrogens with zero attached hydrogens (tertiary/aromatic N) is 4. The standard InChI is InChI=1S/C17H19N5/c1-2-4-12-22(11-3-1)16-6-5-15(20-21-16)13-7-9-18-17-14(13)8-10-19-17/h5-10H,1-4,11-12H2,(H,18,19). The van der Waals surface area contributed by atoms with Gasteiger partial charge in [0, 0.05) is 36.4 Å². The van der Waals surface area contributed by atoms with Crippen molar-refractivity contribution in [1.29, 1.82) is 0 Å². The smallest absolute Gasteiger partial charge is 0.151 e. The Kier molecular flexibility index (Phi) is 3.46. The van der Waals surface area contributed by atoms with E-state index < -0.39 is 0 Å². The Morgan fingerprint density at radius 1 is 0.909 bits per heavy atom. The number of pyridine rings is 1. The molecule has 1 fully saturated rings. The maximum Gasteiger partial charge on any atom is 0.151 e. The molecule has 0 spiro atoms. The van der Waals surface area contributed by atoms with Crippen molar-refractivity contribution < 1.29 is 0 Å². The van der Waals surface area contributed by atoms with E-state index in [2.05, 4.69) is 37.2 Å². The quantitative estimate of drug-likeness (QED) is 0.786. The van der Waals surface area contributed by atoms with Gasteiger partial charge < -0.3 is 9.88 Å². The molecule has 1 N–H and O–H groups in total. The lowest BCUT2D eigenvalue weighted by molar-refractivity contribution is 0.726. The number of rotatable bonds is 2. The third-order valence-electron chi connectivity index (χ3n) is 4.32. The van der Waals surface area contributed by atoms with E-state index in [1.165, 1.54) is 25.7 Å². The van der Waals surface area contributed by atoms with Crippen molar-refractivity contribution in [3.8, 4) is 11.3 Å². The molecule has 3 aromatic rings. The summed E-state index contributed by atoms with van der Waals surface area (Å²) in [5, 5.41) is 9.99. The second-order valence-corrected chi connectivity index (χ2v) is 5.78. The van der Waals surface area contributed by atoms with Crippen molar-refractivity contribution in [2.24, 2.45) is 0 Å². The first-order valence-electron chi connectivity index (χ1n) is 7.93. The van der Waals surface area contributed by atoms with Gasteiger partial charge in [-0.3, -0.25) is 0 Å². The summed E-state index contributed by atoms with van der Waals surface area (Å²) in [7, 11) is 0. The molecule has 1 aliphatic heterocycles. The predicted octanol–water partition coefficient (Wildman–Crippen LogP) is 3.40. The third kappa shape index (κ3) is 2.43. The zero-order valence-electron chi connectivity index (χ0n) is 12.5. The van der Waals surface area contributed by atoms with Crippen LogP contribution >= 0.6 is 0 Å². The Hall–Kier alpha value is -2.43. The van der Waals surface area contributed by atoms with Crippen molar-refractivity contribution >= 4 is 16.9 Å². The molecule has 112 valence electrons. The molecule has 4 heterocycles. The van der Waals surface area contributed by atoms with E-state index in [1.54, 1.807) is 6.20 Å². The highest BCUT2D eigenvalue weighted by Crippen LogP contribution is 2.26. The minimum absolute atomic E-state index is 0.885. The third-order valence-corrected chi connectivity index (χ3v) is 4.32. The number of nitrogens with one attached hydrogen (secondary N) is 1. The molecule has 3 aromatic heterocycles. The number of aromatic nitrogens is 4. The number of anilines is 1. The van der Waals surface area contributed by atoms with Gasteiger partial charge in [0.25, 0.3) is 0 Å². The molecule has 0 bridgehead atoms. The minimum atomic E-state index is 0.885. The van der Waals surface area contributed by atoms with E-state index >= 15 is 0 Å². The zero-order valence-corrected chi connectivity index (χ0v) is 12.5. The molecule has 5 heteroatoms. The summed E-state index contributed by atoms with van der Waals surface area (Å²) in [6.07, 6.45) is 8.85. The lowest BCUT2D eigenvalue weighted by atomic mass is 10.1. The van der Waals surface area contributed by atoms with Crippen LogP contribution in [-0.4, -0.2) is 33.3 Å². The van der Waals surface area contributed by atoms with Gasteiger partial charge in [-0.2, -0.15) is 0 Å². The van der Waals surface area contributed by atoms with E-state index in [-0.39, 0.29) is 0 Å². The van der Waals surface area contributed by atoms with E-state index in [4.69, 9.17) is 0 Å². The van der Waals surface area contributed by atoms with Gasteiger partial charge in [0.2, 0.25) is 0 Å². The van der Waals surface area contributed by atoms with E-state index in [0.29, 0.717) is 0 Å². The normalized spacial score (nSPS) is 15.9. The van der Waals surface area contributed by atoms with Gasteiger partial charge in [-0.1, -0.05) is 12.8 Å². The Balaban J connectivity index is 1.65. The van der Waals surface area contributed by atoms with Gasteiger partial charge in [-0.05, 0) is 37.1 Å². The van der Waals surface area contributed by atoms with Crippen LogP contribution < -0.4 is 4.90 Å². The predicted molar refractivity (Wildman–Crippen MR) is 87.8 cm³/mol. The fourth-order valence-corrected chi connectivity index (χ4v) is 3.12. The van der Waals surface area contributed by atoms with Gasteiger partial charge in [-0.25, -0.2) is 4.98 Å². The van der Waals surface area contributed by atoms with Gasteiger partial charge in [0.1, 0.15) is 5.65 Å². The molecule has 0 aliphatic carbocycles. The van der Waals surface area contributed by atoms with Crippen LogP contribution in [0.25, 0.3) is 22.3 Å². The summed E-state index contributed by atoms with van der Waals surface area (Å²) in [6.45, 7) is 2.18. The van der Waals surface area contributed by atoms with E-state index in [1.807, 2.05) is 18.3 Å². The molecule has 0 unspecified atom stereocenters. The number of H-pyrrole nitrogens is 1. The van der Waals surface area contributed by atoms with Gasteiger partial charge in [0.15, 0.2) is 5.82 Å². The molecule has 1 aliphatic rings. The first-order chi connectivity index (χ1) is 10.9. The number of fused-ring (bicyclic) bond motifs is 1. The van der Waals surface area contributed by atoms with Crippen LogP contribution in [0.2, 0.25) is 0 Å². The summed E-state index contributed by atoms with van der Waals surface area (Å²) >= 11 is 0. The van der Waals surface area contributed by atoms with Crippen molar-refractivity contribution in [3.63, 3.8) is 0 Å². The van der Waals surface area contributed by atoms with Crippen LogP contribution in [0, 0.1) is 0 Å². The molecular weight excluding hydrogens is 274 g/mol. The molecule has 0 saturated carbocycles. The summed E-state index contributed by atoms with van der Waals surface area (Å²) in [5.74, 6) is 0.991. The van der Waals surface area contributed by atoms with Crippen LogP contribution in [0.3, 0.4) is 0 Å². The topological polar surface area (TPSA) is 57.7 Å². The fourth-order valence-electron chi connectivity index (χ4n) is 3.12. The SMILES string of the molecule is c1cc(-c2ccc(N3CCCCCC3)nn2)c2cc[nH]c2n1. The fraction of sp³-hybridized carbons (Fsp3) is 0.353. The number of aromatic amines is 1. The highest BCUT2D eigenvalue weighted by Gasteiger charge is 2.12. The first kappa shape index (κ1) is 13.2. The van der Waals surface area contributed by atoms with Crippen LogP contribution in [0.15, 0.2) is 36.7 Å². The maximum absolute atomic E-state index is 4.46. The van der Waals surface area contributed by atoms with Gasteiger partial charge in [0.05, 0.1) is 5.69 Å². The summed E-state index contributed by atoms with van der Waals surface area (Å²) in [6, 6.07) is 8.18. The largest absolute Gasteiger partial charge is 0.355 e. The summed E-state index contributed by atoms with van der Waals surface area (Å²) < 4.78 is 0. The summed E-state index contributed by atoms with van der Waals surface area (Å²) in [4.78, 5) is 9.80. The molecule has 0 aromatic carbocycles. The molecule has 0 atom stereocenters. The van der Waals surface area contributed by atoms with Gasteiger partial charge in [-0.15, -0.1) is 10.2 Å².